The Morgan fingerprint density at radius 3 is 1.28 bits per heavy atom. The third kappa shape index (κ3) is 11.5. The largest absolute Gasteiger partial charge is 0.494 e. The van der Waals surface area contributed by atoms with Gasteiger partial charge in [0.15, 0.2) is 0 Å². The number of hydrogen-bond donors (Lipinski definition) is 0. The zero-order valence-electron chi connectivity index (χ0n) is 39.3. The van der Waals surface area contributed by atoms with Crippen molar-refractivity contribution in [1.29, 1.82) is 0 Å². The van der Waals surface area contributed by atoms with Gasteiger partial charge in [0.25, 0.3) is 0 Å². The second kappa shape index (κ2) is 22.2. The van der Waals surface area contributed by atoms with Gasteiger partial charge in [-0.15, -0.1) is 12.8 Å². The molecule has 0 spiro atoms. The first kappa shape index (κ1) is 48.3. The molecule has 0 bridgehead atoms. The number of esters is 1. The summed E-state index contributed by atoms with van der Waals surface area (Å²) >= 11 is 0. The van der Waals surface area contributed by atoms with Gasteiger partial charge in [-0.2, -0.15) is 0 Å². The molecule has 11 heteroatoms. The van der Waals surface area contributed by atoms with E-state index in [1.807, 2.05) is 49.4 Å². The normalized spacial score (nSPS) is 10.8. The number of ether oxygens (including phenoxy) is 4. The molecule has 0 amide bonds. The highest BCUT2D eigenvalue weighted by molar-refractivity contribution is 6.09. The van der Waals surface area contributed by atoms with Gasteiger partial charge in [-0.3, -0.25) is 9.59 Å². The van der Waals surface area contributed by atoms with Gasteiger partial charge in [0.2, 0.25) is 23.2 Å². The van der Waals surface area contributed by atoms with Crippen LogP contribution >= 0.6 is 0 Å². The van der Waals surface area contributed by atoms with Crippen LogP contribution in [0.15, 0.2) is 133 Å². The Morgan fingerprint density at radius 2 is 0.899 bits per heavy atom. The van der Waals surface area contributed by atoms with Crippen LogP contribution in [0, 0.1) is 24.7 Å². The van der Waals surface area contributed by atoms with E-state index < -0.39 is 5.97 Å². The Balaban J connectivity index is 0.000000204. The molecule has 8 aromatic rings. The molecule has 0 aliphatic rings. The van der Waals surface area contributed by atoms with Crippen molar-refractivity contribution in [2.75, 3.05) is 26.9 Å². The molecular formula is C58H50N4O7. The minimum atomic E-state index is -0.471. The van der Waals surface area contributed by atoms with Gasteiger partial charge in [-0.05, 0) is 103 Å². The molecular weight excluding hydrogens is 865 g/mol. The van der Waals surface area contributed by atoms with Gasteiger partial charge >= 0.3 is 5.97 Å². The average molecular weight is 915 g/mol. The van der Waals surface area contributed by atoms with Crippen molar-refractivity contribution in [2.24, 2.45) is 0 Å². The Kier molecular flexibility index (Phi) is 15.5. The third-order valence-electron chi connectivity index (χ3n) is 11.1. The van der Waals surface area contributed by atoms with Gasteiger partial charge in [-0.1, -0.05) is 100 Å². The molecule has 0 fully saturated rings. The summed E-state index contributed by atoms with van der Waals surface area (Å²) in [6.45, 7) is 11.4. The molecule has 11 nitrogen and oxygen atoms in total. The van der Waals surface area contributed by atoms with Crippen LogP contribution in [0.5, 0.6) is 17.2 Å². The Morgan fingerprint density at radius 1 is 0.507 bits per heavy atom. The number of terminal acetylenes is 2. The van der Waals surface area contributed by atoms with E-state index >= 15 is 0 Å². The fourth-order valence-electron chi connectivity index (χ4n) is 7.34. The number of rotatable bonds is 15. The summed E-state index contributed by atoms with van der Waals surface area (Å²) in [5, 5.41) is 1.53. The molecule has 8 rings (SSSR count). The van der Waals surface area contributed by atoms with Gasteiger partial charge in [0.05, 0.1) is 41.7 Å². The second-order valence-corrected chi connectivity index (χ2v) is 16.4. The van der Waals surface area contributed by atoms with Crippen molar-refractivity contribution in [2.45, 2.75) is 46.5 Å². The summed E-state index contributed by atoms with van der Waals surface area (Å²) in [6.07, 6.45) is 10.7. The van der Waals surface area contributed by atoms with E-state index in [1.54, 1.807) is 66.7 Å². The standard InChI is InChI=1S/C29H24N2O4.C29H26N2O3/c1-5-16-35-23-14-15-25-24(17-23)26(20-8-6-19(7-9-20)18(2)3)31-28(30-25)27(32)21-10-12-22(13-11-21)29(33)34-4;1-5-17-34-24-15-16-26-25(18-24)27(21-9-7-20(8-10-21)19(3)4)31-29(30-26)28(32)22-11-13-23(14-12-22)33-6-2/h1,6-15,17-18H,16H2,2-4H3;1,7-16,18-19H,6,17H2,2-4H3. The maximum Gasteiger partial charge on any atom is 0.337 e. The lowest BCUT2D eigenvalue weighted by molar-refractivity contribution is 0.0600. The molecule has 2 heterocycles. The fourth-order valence-corrected chi connectivity index (χ4v) is 7.34. The van der Waals surface area contributed by atoms with Crippen LogP contribution in [0.1, 0.15) is 100 Å². The number of ketones is 2. The zero-order valence-corrected chi connectivity index (χ0v) is 39.3. The van der Waals surface area contributed by atoms with Crippen LogP contribution in [-0.2, 0) is 4.74 Å². The fraction of sp³-hybridized carbons (Fsp3) is 0.190. The molecule has 0 unspecified atom stereocenters. The van der Waals surface area contributed by atoms with Crippen LogP contribution in [0.2, 0.25) is 0 Å². The molecule has 0 atom stereocenters. The lowest BCUT2D eigenvalue weighted by atomic mass is 9.99. The number of nitrogens with zero attached hydrogens (tertiary/aromatic N) is 4. The maximum atomic E-state index is 13.3. The molecule has 0 saturated carbocycles. The monoisotopic (exact) mass is 914 g/mol. The minimum Gasteiger partial charge on any atom is -0.494 e. The second-order valence-electron chi connectivity index (χ2n) is 16.4. The quantitative estimate of drug-likeness (QED) is 0.0551. The third-order valence-corrected chi connectivity index (χ3v) is 11.1. The number of aromatic nitrogens is 4. The summed E-state index contributed by atoms with van der Waals surface area (Å²) < 4.78 is 21.4. The first-order valence-electron chi connectivity index (χ1n) is 22.4. The number of methoxy groups -OCH3 is 1. The van der Waals surface area contributed by atoms with E-state index in [0.29, 0.717) is 74.8 Å². The molecule has 0 aliphatic heterocycles. The SMILES string of the molecule is C#CCOc1ccc2nc(C(=O)c3ccc(C(=O)OC)cc3)nc(-c3ccc(C(C)C)cc3)c2c1.C#CCOc1ccc2nc(C(=O)c3ccc(OCC)cc3)nc(-c3ccc(C(C)C)cc3)c2c1. The van der Waals surface area contributed by atoms with E-state index in [9.17, 15) is 14.4 Å². The van der Waals surface area contributed by atoms with Crippen molar-refractivity contribution in [3.05, 3.63) is 173 Å². The summed E-state index contributed by atoms with van der Waals surface area (Å²) in [6, 6.07) is 40.4. The summed E-state index contributed by atoms with van der Waals surface area (Å²) in [5.41, 5.74) is 7.94. The first-order valence-corrected chi connectivity index (χ1v) is 22.4. The molecule has 0 saturated heterocycles. The van der Waals surface area contributed by atoms with E-state index in [0.717, 1.165) is 21.9 Å². The molecule has 0 N–H and O–H groups in total. The predicted octanol–water partition coefficient (Wildman–Crippen LogP) is 11.5. The molecule has 2 aromatic heterocycles. The number of hydrogen-bond acceptors (Lipinski definition) is 11. The number of fused-ring (bicyclic) bond motifs is 2. The number of carbonyl (C=O) groups excluding carboxylic acids is 3. The summed E-state index contributed by atoms with van der Waals surface area (Å²) in [7, 11) is 1.31. The topological polar surface area (TPSA) is 140 Å². The van der Waals surface area contributed by atoms with E-state index in [-0.39, 0.29) is 36.4 Å². The minimum absolute atomic E-state index is 0.0588. The van der Waals surface area contributed by atoms with E-state index in [2.05, 4.69) is 78.8 Å². The van der Waals surface area contributed by atoms with Crippen molar-refractivity contribution in [3.8, 4) is 64.5 Å². The maximum absolute atomic E-state index is 13.3. The van der Waals surface area contributed by atoms with Crippen LogP contribution in [0.25, 0.3) is 44.3 Å². The van der Waals surface area contributed by atoms with Crippen molar-refractivity contribution in [1.82, 2.24) is 19.9 Å². The van der Waals surface area contributed by atoms with E-state index in [1.165, 1.54) is 18.2 Å². The molecule has 344 valence electrons. The highest BCUT2D eigenvalue weighted by Gasteiger charge is 2.20. The highest BCUT2D eigenvalue weighted by Crippen LogP contribution is 2.33. The Labute approximate surface area is 401 Å². The van der Waals surface area contributed by atoms with Crippen LogP contribution in [-0.4, -0.2) is 64.4 Å². The highest BCUT2D eigenvalue weighted by atomic mass is 16.5. The van der Waals surface area contributed by atoms with Gasteiger partial charge in [-0.25, -0.2) is 24.7 Å². The van der Waals surface area contributed by atoms with E-state index in [4.69, 9.17) is 36.8 Å². The van der Waals surface area contributed by atoms with Crippen LogP contribution in [0.3, 0.4) is 0 Å². The average Bonchev–Trinajstić information content (AvgIpc) is 3.38. The lowest BCUT2D eigenvalue weighted by Gasteiger charge is -2.12. The van der Waals surface area contributed by atoms with Gasteiger partial charge < -0.3 is 18.9 Å². The van der Waals surface area contributed by atoms with Crippen LogP contribution in [0.4, 0.5) is 0 Å². The Bertz CT molecular complexity index is 3220. The number of carbonyl (C=O) groups is 3. The van der Waals surface area contributed by atoms with Crippen molar-refractivity contribution < 1.29 is 33.3 Å². The van der Waals surface area contributed by atoms with Crippen molar-refractivity contribution in [3.63, 3.8) is 0 Å². The zero-order chi connectivity index (χ0) is 49.0. The predicted molar refractivity (Wildman–Crippen MR) is 269 cm³/mol. The van der Waals surface area contributed by atoms with Crippen LogP contribution < -0.4 is 14.2 Å². The summed E-state index contributed by atoms with van der Waals surface area (Å²) in [5.74, 6) is 6.79. The van der Waals surface area contributed by atoms with Gasteiger partial charge in [0.1, 0.15) is 30.5 Å². The van der Waals surface area contributed by atoms with Crippen molar-refractivity contribution >= 4 is 39.3 Å². The first-order chi connectivity index (χ1) is 33.4. The molecule has 0 radical (unpaired) electrons. The summed E-state index contributed by atoms with van der Waals surface area (Å²) in [4.78, 5) is 56.8. The molecule has 69 heavy (non-hydrogen) atoms. The smallest absolute Gasteiger partial charge is 0.337 e. The lowest BCUT2D eigenvalue weighted by Crippen LogP contribution is -2.09. The number of benzene rings is 6. The Hall–Kier alpha value is -8.67. The molecule has 6 aromatic carbocycles. The van der Waals surface area contributed by atoms with Gasteiger partial charge in [0, 0.05) is 33.0 Å². The molecule has 0 aliphatic carbocycles.